The van der Waals surface area contributed by atoms with Crippen LogP contribution >= 0.6 is 0 Å². The van der Waals surface area contributed by atoms with Gasteiger partial charge in [0, 0.05) is 12.0 Å². The molecule has 0 radical (unpaired) electrons. The van der Waals surface area contributed by atoms with Crippen LogP contribution in [0.25, 0.3) is 0 Å². The average molecular weight is 291 g/mol. The van der Waals surface area contributed by atoms with Gasteiger partial charge in [0.05, 0.1) is 26.2 Å². The number of hydrogen-bond acceptors (Lipinski definition) is 4. The van der Waals surface area contributed by atoms with Crippen LogP contribution in [0.5, 0.6) is 11.5 Å². The first-order valence-electron chi connectivity index (χ1n) is 7.25. The first-order chi connectivity index (χ1) is 10.1. The third-order valence-corrected chi connectivity index (χ3v) is 4.14. The molecule has 0 aliphatic carbocycles. The maximum Gasteiger partial charge on any atom is 0.226 e. The highest BCUT2D eigenvalue weighted by atomic mass is 16.5. The van der Waals surface area contributed by atoms with Gasteiger partial charge < -0.3 is 19.5 Å². The largest absolute Gasteiger partial charge is 0.493 e. The van der Waals surface area contributed by atoms with Crippen molar-refractivity contribution in [3.63, 3.8) is 0 Å². The maximum absolute atomic E-state index is 12.3. The summed E-state index contributed by atoms with van der Waals surface area (Å²) in [5.41, 5.74) is 1.12. The summed E-state index contributed by atoms with van der Waals surface area (Å²) in [4.78, 5) is 12.3. The molecule has 114 valence electrons. The van der Waals surface area contributed by atoms with Crippen LogP contribution in [-0.4, -0.2) is 39.4 Å². The molecule has 5 heteroatoms. The van der Waals surface area contributed by atoms with Gasteiger partial charge >= 0.3 is 0 Å². The SMILES string of the molecule is COc1cccc2c1OCC(C(=O)NCC1(C)COC1)C2. The summed E-state index contributed by atoms with van der Waals surface area (Å²) in [6.07, 6.45) is 0.686. The summed E-state index contributed by atoms with van der Waals surface area (Å²) in [5.74, 6) is 1.40. The van der Waals surface area contributed by atoms with Crippen molar-refractivity contribution in [2.45, 2.75) is 13.3 Å². The van der Waals surface area contributed by atoms with Crippen molar-refractivity contribution >= 4 is 5.91 Å². The first kappa shape index (κ1) is 14.2. The third-order valence-electron chi connectivity index (χ3n) is 4.14. The van der Waals surface area contributed by atoms with Crippen molar-refractivity contribution in [1.29, 1.82) is 0 Å². The summed E-state index contributed by atoms with van der Waals surface area (Å²) in [5, 5.41) is 3.02. The molecule has 1 amide bonds. The Labute approximate surface area is 124 Å². The molecule has 1 N–H and O–H groups in total. The van der Waals surface area contributed by atoms with E-state index in [0.29, 0.717) is 32.8 Å². The minimum Gasteiger partial charge on any atom is -0.493 e. The van der Waals surface area contributed by atoms with Crippen LogP contribution in [0.15, 0.2) is 18.2 Å². The van der Waals surface area contributed by atoms with E-state index in [0.717, 1.165) is 17.1 Å². The number of fused-ring (bicyclic) bond motifs is 1. The summed E-state index contributed by atoms with van der Waals surface area (Å²) < 4.78 is 16.2. The number of benzene rings is 1. The number of para-hydroxylation sites is 1. The van der Waals surface area contributed by atoms with Crippen LogP contribution in [0, 0.1) is 11.3 Å². The van der Waals surface area contributed by atoms with Crippen molar-refractivity contribution in [3.8, 4) is 11.5 Å². The van der Waals surface area contributed by atoms with Gasteiger partial charge in [0.25, 0.3) is 0 Å². The number of carbonyl (C=O) groups excluding carboxylic acids is 1. The van der Waals surface area contributed by atoms with E-state index in [1.165, 1.54) is 0 Å². The molecule has 1 unspecified atom stereocenters. The molecule has 1 saturated heterocycles. The minimum absolute atomic E-state index is 0.0524. The fourth-order valence-corrected chi connectivity index (χ4v) is 2.72. The fraction of sp³-hybridized carbons (Fsp3) is 0.562. The number of nitrogens with one attached hydrogen (secondary N) is 1. The van der Waals surface area contributed by atoms with Crippen LogP contribution in [-0.2, 0) is 16.0 Å². The van der Waals surface area contributed by atoms with Crippen molar-refractivity contribution in [2.24, 2.45) is 11.3 Å². The number of ether oxygens (including phenoxy) is 3. The first-order valence-corrected chi connectivity index (χ1v) is 7.25. The lowest BCUT2D eigenvalue weighted by atomic mass is 9.88. The van der Waals surface area contributed by atoms with Gasteiger partial charge in [-0.05, 0) is 18.1 Å². The molecule has 2 aliphatic heterocycles. The van der Waals surface area contributed by atoms with Crippen molar-refractivity contribution in [3.05, 3.63) is 23.8 Å². The van der Waals surface area contributed by atoms with E-state index in [9.17, 15) is 4.79 Å². The molecule has 0 aromatic heterocycles. The Morgan fingerprint density at radius 1 is 1.48 bits per heavy atom. The summed E-state index contributed by atoms with van der Waals surface area (Å²) in [7, 11) is 1.62. The molecule has 2 heterocycles. The van der Waals surface area contributed by atoms with Gasteiger partial charge in [-0.15, -0.1) is 0 Å². The lowest BCUT2D eigenvalue weighted by Crippen LogP contribution is -2.50. The molecule has 0 saturated carbocycles. The quantitative estimate of drug-likeness (QED) is 0.911. The van der Waals surface area contributed by atoms with Crippen LogP contribution < -0.4 is 14.8 Å². The standard InChI is InChI=1S/C16H21NO4/c1-16(9-20-10-16)8-17-15(18)12-6-11-4-3-5-13(19-2)14(11)21-7-12/h3-5,12H,6-10H2,1-2H3,(H,17,18). The molecule has 1 fully saturated rings. The van der Waals surface area contributed by atoms with E-state index in [1.807, 2.05) is 18.2 Å². The number of rotatable bonds is 4. The fourth-order valence-electron chi connectivity index (χ4n) is 2.72. The molecular weight excluding hydrogens is 270 g/mol. The van der Waals surface area contributed by atoms with Gasteiger partial charge in [-0.1, -0.05) is 19.1 Å². The zero-order valence-corrected chi connectivity index (χ0v) is 12.5. The smallest absolute Gasteiger partial charge is 0.226 e. The van der Waals surface area contributed by atoms with E-state index in [2.05, 4.69) is 12.2 Å². The third kappa shape index (κ3) is 2.83. The highest BCUT2D eigenvalue weighted by Crippen LogP contribution is 2.36. The van der Waals surface area contributed by atoms with Crippen LogP contribution in [0.3, 0.4) is 0 Å². The Hall–Kier alpha value is -1.75. The van der Waals surface area contributed by atoms with Crippen LogP contribution in [0.4, 0.5) is 0 Å². The predicted octanol–water partition coefficient (Wildman–Crippen LogP) is 1.40. The van der Waals surface area contributed by atoms with E-state index in [4.69, 9.17) is 14.2 Å². The Balaban J connectivity index is 1.61. The molecule has 5 nitrogen and oxygen atoms in total. The van der Waals surface area contributed by atoms with Gasteiger partial charge in [-0.3, -0.25) is 4.79 Å². The van der Waals surface area contributed by atoms with Gasteiger partial charge in [0.1, 0.15) is 6.61 Å². The second-order valence-electron chi connectivity index (χ2n) is 6.18. The van der Waals surface area contributed by atoms with E-state index < -0.39 is 0 Å². The van der Waals surface area contributed by atoms with Gasteiger partial charge in [-0.2, -0.15) is 0 Å². The number of carbonyl (C=O) groups is 1. The zero-order valence-electron chi connectivity index (χ0n) is 12.5. The van der Waals surface area contributed by atoms with Crippen molar-refractivity contribution in [1.82, 2.24) is 5.32 Å². The Morgan fingerprint density at radius 3 is 2.95 bits per heavy atom. The van der Waals surface area contributed by atoms with Crippen LogP contribution in [0.2, 0.25) is 0 Å². The normalized spacial score (nSPS) is 22.5. The summed E-state index contributed by atoms with van der Waals surface area (Å²) >= 11 is 0. The molecule has 1 atom stereocenters. The molecular formula is C16H21NO4. The lowest BCUT2D eigenvalue weighted by molar-refractivity contribution is -0.131. The predicted molar refractivity (Wildman–Crippen MR) is 77.6 cm³/mol. The van der Waals surface area contributed by atoms with E-state index >= 15 is 0 Å². The second-order valence-corrected chi connectivity index (χ2v) is 6.18. The lowest BCUT2D eigenvalue weighted by Gasteiger charge is -2.38. The average Bonchev–Trinajstić information content (AvgIpc) is 2.49. The molecule has 2 aliphatic rings. The summed E-state index contributed by atoms with van der Waals surface area (Å²) in [6, 6.07) is 5.78. The Bertz CT molecular complexity index is 539. The highest BCUT2D eigenvalue weighted by Gasteiger charge is 2.35. The Kier molecular flexibility index (Phi) is 3.76. The van der Waals surface area contributed by atoms with Crippen molar-refractivity contribution in [2.75, 3.05) is 33.5 Å². The molecule has 0 spiro atoms. The zero-order chi connectivity index (χ0) is 14.9. The van der Waals surface area contributed by atoms with Gasteiger partial charge in [-0.25, -0.2) is 0 Å². The molecule has 3 rings (SSSR count). The molecule has 1 aromatic rings. The molecule has 21 heavy (non-hydrogen) atoms. The monoisotopic (exact) mass is 291 g/mol. The number of amides is 1. The molecule has 1 aromatic carbocycles. The number of hydrogen-bond donors (Lipinski definition) is 1. The van der Waals surface area contributed by atoms with Crippen LogP contribution in [0.1, 0.15) is 12.5 Å². The second kappa shape index (κ2) is 5.56. The van der Waals surface area contributed by atoms with E-state index in [1.54, 1.807) is 7.11 Å². The summed E-state index contributed by atoms with van der Waals surface area (Å²) in [6.45, 7) is 4.61. The van der Waals surface area contributed by atoms with Crippen molar-refractivity contribution < 1.29 is 19.0 Å². The Morgan fingerprint density at radius 2 is 2.29 bits per heavy atom. The minimum atomic E-state index is -0.144. The number of methoxy groups -OCH3 is 1. The topological polar surface area (TPSA) is 56.8 Å². The van der Waals surface area contributed by atoms with Gasteiger partial charge in [0.15, 0.2) is 11.5 Å². The highest BCUT2D eigenvalue weighted by molar-refractivity contribution is 5.79. The molecule has 0 bridgehead atoms. The van der Waals surface area contributed by atoms with Gasteiger partial charge in [0.2, 0.25) is 5.91 Å². The van der Waals surface area contributed by atoms with E-state index in [-0.39, 0.29) is 17.2 Å². The maximum atomic E-state index is 12.3.